The molecule has 3 N–H and O–H groups in total. The van der Waals surface area contributed by atoms with E-state index in [-0.39, 0.29) is 12.3 Å². The second-order valence-electron chi connectivity index (χ2n) is 7.23. The van der Waals surface area contributed by atoms with E-state index in [1.807, 2.05) is 24.3 Å². The van der Waals surface area contributed by atoms with Crippen LogP contribution >= 0.6 is 11.3 Å². The number of fused-ring (bicyclic) bond motifs is 1. The van der Waals surface area contributed by atoms with Crippen molar-refractivity contribution in [1.82, 2.24) is 9.80 Å². The summed E-state index contributed by atoms with van der Waals surface area (Å²) in [5.74, 6) is -2.04. The molecule has 1 aromatic heterocycles. The first-order valence-electron chi connectivity index (χ1n) is 9.11. The van der Waals surface area contributed by atoms with Gasteiger partial charge in [0.2, 0.25) is 5.91 Å². The van der Waals surface area contributed by atoms with Crippen molar-refractivity contribution in [2.45, 2.75) is 24.9 Å². The molecule has 0 radical (unpaired) electrons. The first kappa shape index (κ1) is 19.2. The molecule has 4 rings (SSSR count). The van der Waals surface area contributed by atoms with Crippen LogP contribution in [0.5, 0.6) is 0 Å². The Balaban J connectivity index is 1.48. The first-order valence-corrected chi connectivity index (χ1v) is 9.93. The van der Waals surface area contributed by atoms with Crippen molar-refractivity contribution in [3.63, 3.8) is 0 Å². The maximum Gasteiger partial charge on any atom is 0.417 e. The molecule has 29 heavy (non-hydrogen) atoms. The van der Waals surface area contributed by atoms with Gasteiger partial charge in [-0.05, 0) is 6.07 Å². The van der Waals surface area contributed by atoms with Crippen LogP contribution in [0.15, 0.2) is 24.3 Å². The van der Waals surface area contributed by atoms with Gasteiger partial charge in [0.1, 0.15) is 12.1 Å². The van der Waals surface area contributed by atoms with E-state index in [9.17, 15) is 19.2 Å². The zero-order valence-corrected chi connectivity index (χ0v) is 16.2. The molecule has 2 aromatic rings. The van der Waals surface area contributed by atoms with Crippen LogP contribution in [-0.4, -0.2) is 64.0 Å². The summed E-state index contributed by atoms with van der Waals surface area (Å²) in [6, 6.07) is 7.51. The molecule has 10 heteroatoms. The molecule has 152 valence electrons. The molecule has 2 aliphatic rings. The predicted octanol–water partition coefficient (Wildman–Crippen LogP) is 1.91. The number of aliphatic carboxylic acids is 1. The fraction of sp³-hybridized carbons (Fsp3) is 0.368. The highest BCUT2D eigenvalue weighted by Crippen LogP contribution is 2.38. The van der Waals surface area contributed by atoms with Crippen LogP contribution in [0.4, 0.5) is 9.80 Å². The van der Waals surface area contributed by atoms with Gasteiger partial charge in [-0.1, -0.05) is 18.2 Å². The van der Waals surface area contributed by atoms with E-state index in [2.05, 4.69) is 0 Å². The minimum atomic E-state index is -1.28. The molecule has 3 heterocycles. The summed E-state index contributed by atoms with van der Waals surface area (Å²) in [5, 5.41) is 10.1. The van der Waals surface area contributed by atoms with Gasteiger partial charge in [-0.3, -0.25) is 14.4 Å². The average molecular weight is 417 g/mol. The number of likely N-dealkylation sites (tertiary alicyclic amines) is 1. The number of thiophene rings is 1. The zero-order valence-electron chi connectivity index (χ0n) is 15.4. The van der Waals surface area contributed by atoms with E-state index in [0.29, 0.717) is 41.4 Å². The Morgan fingerprint density at radius 3 is 2.55 bits per heavy atom. The third kappa shape index (κ3) is 3.39. The molecule has 0 atom stereocenters. The van der Waals surface area contributed by atoms with Crippen molar-refractivity contribution >= 4 is 50.3 Å². The summed E-state index contributed by atoms with van der Waals surface area (Å²) in [7, 11) is 0. The summed E-state index contributed by atoms with van der Waals surface area (Å²) in [4.78, 5) is 50.6. The van der Waals surface area contributed by atoms with Gasteiger partial charge in [0, 0.05) is 36.0 Å². The number of carbonyl (C=O) groups excluding carboxylic acids is 3. The van der Waals surface area contributed by atoms with E-state index in [4.69, 9.17) is 15.6 Å². The summed E-state index contributed by atoms with van der Waals surface area (Å²) in [6.45, 7) is -0.104. The van der Waals surface area contributed by atoms with Crippen LogP contribution < -0.4 is 5.73 Å². The van der Waals surface area contributed by atoms with E-state index >= 15 is 0 Å². The third-order valence-corrected chi connectivity index (χ3v) is 6.39. The van der Waals surface area contributed by atoms with Gasteiger partial charge in [-0.15, -0.1) is 11.3 Å². The fourth-order valence-corrected chi connectivity index (χ4v) is 4.84. The number of nitrogen functional groups attached to an aromatic ring is 1. The van der Waals surface area contributed by atoms with E-state index < -0.39 is 30.1 Å². The molecular weight excluding hydrogens is 398 g/mol. The Bertz CT molecular complexity index is 1000. The quantitative estimate of drug-likeness (QED) is 0.780. The largest absolute Gasteiger partial charge is 0.480 e. The van der Waals surface area contributed by atoms with Crippen molar-refractivity contribution < 1.29 is 29.0 Å². The molecular formula is C19H19N3O6S. The van der Waals surface area contributed by atoms with E-state index in [0.717, 1.165) is 10.1 Å². The lowest BCUT2D eigenvalue weighted by atomic mass is 9.86. The summed E-state index contributed by atoms with van der Waals surface area (Å²) in [6.07, 6.45) is -0.424. The maximum absolute atomic E-state index is 13.1. The van der Waals surface area contributed by atoms with Crippen molar-refractivity contribution in [1.29, 1.82) is 0 Å². The Kier molecular flexibility index (Phi) is 4.65. The van der Waals surface area contributed by atoms with Gasteiger partial charge in [-0.25, -0.2) is 9.69 Å². The molecule has 0 bridgehead atoms. The van der Waals surface area contributed by atoms with Crippen molar-refractivity contribution in [3.05, 3.63) is 29.8 Å². The smallest absolute Gasteiger partial charge is 0.417 e. The van der Waals surface area contributed by atoms with Crippen LogP contribution in [0.3, 0.4) is 0 Å². The van der Waals surface area contributed by atoms with E-state index in [1.165, 1.54) is 11.3 Å². The molecule has 0 unspecified atom stereocenters. The fourth-order valence-electron chi connectivity index (χ4n) is 3.88. The molecule has 2 fully saturated rings. The molecule has 1 spiro atoms. The van der Waals surface area contributed by atoms with Gasteiger partial charge in [0.25, 0.3) is 5.91 Å². The summed E-state index contributed by atoms with van der Waals surface area (Å²) in [5.41, 5.74) is 5.57. The van der Waals surface area contributed by atoms with Gasteiger partial charge >= 0.3 is 12.1 Å². The first-order chi connectivity index (χ1) is 13.8. The number of nitrogens with zero attached hydrogens (tertiary/aromatic N) is 2. The highest BCUT2D eigenvalue weighted by atomic mass is 32.1. The molecule has 2 aliphatic heterocycles. The Morgan fingerprint density at radius 2 is 1.90 bits per heavy atom. The lowest BCUT2D eigenvalue weighted by molar-refractivity contribution is -0.154. The maximum atomic E-state index is 13.1. The van der Waals surface area contributed by atoms with Crippen molar-refractivity contribution in [2.75, 3.05) is 25.4 Å². The highest BCUT2D eigenvalue weighted by molar-refractivity contribution is 7.23. The van der Waals surface area contributed by atoms with Crippen LogP contribution in [-0.2, 0) is 14.3 Å². The predicted molar refractivity (Wildman–Crippen MR) is 105 cm³/mol. The summed E-state index contributed by atoms with van der Waals surface area (Å²) < 4.78 is 6.39. The SMILES string of the molecule is Nc1sc2ccccc2c1C(=O)N1CCC2(CC1)CC(=O)N(CC(=O)O)C(=O)O2. The van der Waals surface area contributed by atoms with Crippen LogP contribution in [0.1, 0.15) is 29.6 Å². The average Bonchev–Trinajstić information content (AvgIpc) is 3.00. The minimum Gasteiger partial charge on any atom is -0.480 e. The topological polar surface area (TPSA) is 130 Å². The number of imide groups is 1. The molecule has 3 amide bonds. The van der Waals surface area contributed by atoms with Gasteiger partial charge in [0.05, 0.1) is 17.0 Å². The van der Waals surface area contributed by atoms with E-state index in [1.54, 1.807) is 4.90 Å². The summed E-state index contributed by atoms with van der Waals surface area (Å²) >= 11 is 1.36. The van der Waals surface area contributed by atoms with Gasteiger partial charge < -0.3 is 20.5 Å². The lowest BCUT2D eigenvalue weighted by Gasteiger charge is -2.44. The molecule has 9 nitrogen and oxygen atoms in total. The zero-order chi connectivity index (χ0) is 20.8. The normalized spacial score (nSPS) is 18.9. The Morgan fingerprint density at radius 1 is 1.21 bits per heavy atom. The van der Waals surface area contributed by atoms with Crippen molar-refractivity contribution in [2.24, 2.45) is 0 Å². The van der Waals surface area contributed by atoms with Crippen LogP contribution in [0, 0.1) is 0 Å². The molecule has 0 aliphatic carbocycles. The minimum absolute atomic E-state index is 0.0857. The number of benzene rings is 1. The molecule has 2 saturated heterocycles. The van der Waals surface area contributed by atoms with Crippen LogP contribution in [0.2, 0.25) is 0 Å². The molecule has 1 aromatic carbocycles. The second kappa shape index (κ2) is 7.03. The number of carboxylic acid groups (broad SMARTS) is 1. The number of amides is 3. The number of anilines is 1. The van der Waals surface area contributed by atoms with Gasteiger partial charge in [0.15, 0.2) is 0 Å². The number of rotatable bonds is 3. The van der Waals surface area contributed by atoms with Crippen molar-refractivity contribution in [3.8, 4) is 0 Å². The Hall–Kier alpha value is -3.14. The Labute approximate surface area is 169 Å². The number of nitrogens with two attached hydrogens (primary N) is 1. The second-order valence-corrected chi connectivity index (χ2v) is 8.31. The third-order valence-electron chi connectivity index (χ3n) is 5.39. The molecule has 0 saturated carbocycles. The number of hydrogen-bond acceptors (Lipinski definition) is 7. The standard InChI is InChI=1S/C19H19N3O6S/c20-16-15(11-3-1-2-4-12(11)29-16)17(26)21-7-5-19(6-8-21)9-13(23)22(10-14(24)25)18(27)28-19/h1-4H,5-10,20H2,(H,24,25). The number of hydrogen-bond donors (Lipinski definition) is 2. The number of piperidine rings is 1. The number of carbonyl (C=O) groups is 4. The number of carboxylic acids is 1. The lowest BCUT2D eigenvalue weighted by Crippen LogP contribution is -2.58. The highest BCUT2D eigenvalue weighted by Gasteiger charge is 2.48. The number of ether oxygens (including phenoxy) is 1. The van der Waals surface area contributed by atoms with Crippen LogP contribution in [0.25, 0.3) is 10.1 Å². The monoisotopic (exact) mass is 417 g/mol. The van der Waals surface area contributed by atoms with Gasteiger partial charge in [-0.2, -0.15) is 0 Å².